The third-order valence-electron chi connectivity index (χ3n) is 3.96. The molecule has 96 valence electrons. The van der Waals surface area contributed by atoms with E-state index in [-0.39, 0.29) is 11.1 Å². The Kier molecular flexibility index (Phi) is 4.24. The molecule has 1 aromatic rings. The molecule has 0 fully saturated rings. The Morgan fingerprint density at radius 2 is 1.24 bits per heavy atom. The first-order chi connectivity index (χ1) is 7.85. The number of hydrogen-bond acceptors (Lipinski definition) is 1. The molecule has 0 aliphatic heterocycles. The zero-order valence-corrected chi connectivity index (χ0v) is 12.2. The molecule has 0 heterocycles. The van der Waals surface area contributed by atoms with Crippen molar-refractivity contribution >= 4 is 5.69 Å². The summed E-state index contributed by atoms with van der Waals surface area (Å²) in [5, 5.41) is 0. The van der Waals surface area contributed by atoms with Crippen molar-refractivity contribution in [2.45, 2.75) is 65.5 Å². The Morgan fingerprint density at radius 1 is 0.824 bits per heavy atom. The van der Waals surface area contributed by atoms with Gasteiger partial charge in [0.15, 0.2) is 0 Å². The SMILES string of the molecule is CCC(C)(C)N(c1ccccc1)C(C)(C)CC. The molecule has 0 saturated heterocycles. The molecule has 0 N–H and O–H groups in total. The highest BCUT2D eigenvalue weighted by atomic mass is 15.2. The van der Waals surface area contributed by atoms with Crippen LogP contribution in [0.1, 0.15) is 54.4 Å². The van der Waals surface area contributed by atoms with Gasteiger partial charge in [0, 0.05) is 16.8 Å². The van der Waals surface area contributed by atoms with Crippen LogP contribution >= 0.6 is 0 Å². The lowest BCUT2D eigenvalue weighted by molar-refractivity contribution is 0.323. The van der Waals surface area contributed by atoms with Crippen molar-refractivity contribution in [3.8, 4) is 0 Å². The van der Waals surface area contributed by atoms with E-state index in [1.165, 1.54) is 5.69 Å². The molecular weight excluding hydrogens is 206 g/mol. The third-order valence-corrected chi connectivity index (χ3v) is 3.96. The van der Waals surface area contributed by atoms with Gasteiger partial charge in [0.1, 0.15) is 0 Å². The molecule has 0 amide bonds. The second-order valence-corrected chi connectivity index (χ2v) is 6.00. The maximum absolute atomic E-state index is 2.57. The fraction of sp³-hybridized carbons (Fsp3) is 0.625. The zero-order valence-electron chi connectivity index (χ0n) is 12.2. The molecule has 0 aliphatic rings. The molecule has 1 aromatic carbocycles. The highest BCUT2D eigenvalue weighted by Gasteiger charge is 2.35. The topological polar surface area (TPSA) is 3.24 Å². The van der Waals surface area contributed by atoms with Crippen LogP contribution in [0.5, 0.6) is 0 Å². The van der Waals surface area contributed by atoms with Gasteiger partial charge >= 0.3 is 0 Å². The Bertz CT molecular complexity index is 322. The average Bonchev–Trinajstić information content (AvgIpc) is 2.30. The summed E-state index contributed by atoms with van der Waals surface area (Å²) in [6.07, 6.45) is 2.29. The normalized spacial score (nSPS) is 12.6. The van der Waals surface area contributed by atoms with Crippen molar-refractivity contribution in [3.63, 3.8) is 0 Å². The molecular formula is C16H27N. The second-order valence-electron chi connectivity index (χ2n) is 6.00. The van der Waals surface area contributed by atoms with Gasteiger partial charge in [0.2, 0.25) is 0 Å². The minimum atomic E-state index is 0.181. The van der Waals surface area contributed by atoms with Gasteiger partial charge in [0.25, 0.3) is 0 Å². The number of hydrogen-bond donors (Lipinski definition) is 0. The van der Waals surface area contributed by atoms with Gasteiger partial charge in [-0.05, 0) is 52.7 Å². The largest absolute Gasteiger partial charge is 0.361 e. The zero-order chi connectivity index (χ0) is 13.1. The van der Waals surface area contributed by atoms with E-state index in [2.05, 4.69) is 76.8 Å². The van der Waals surface area contributed by atoms with Crippen LogP contribution in [0.3, 0.4) is 0 Å². The molecule has 0 aliphatic carbocycles. The molecule has 0 saturated carbocycles. The number of benzene rings is 1. The second kappa shape index (κ2) is 5.12. The lowest BCUT2D eigenvalue weighted by Gasteiger charge is -2.50. The quantitative estimate of drug-likeness (QED) is 0.701. The number of para-hydroxylation sites is 1. The van der Waals surface area contributed by atoms with Crippen LogP contribution in [0.4, 0.5) is 5.69 Å². The lowest BCUT2D eigenvalue weighted by Crippen LogP contribution is -2.55. The number of anilines is 1. The Morgan fingerprint density at radius 3 is 1.59 bits per heavy atom. The summed E-state index contributed by atoms with van der Waals surface area (Å²) in [5.41, 5.74) is 1.69. The number of nitrogens with zero attached hydrogens (tertiary/aromatic N) is 1. The molecule has 0 unspecified atom stereocenters. The Labute approximate surface area is 107 Å². The van der Waals surface area contributed by atoms with E-state index in [9.17, 15) is 0 Å². The van der Waals surface area contributed by atoms with Crippen molar-refractivity contribution in [3.05, 3.63) is 30.3 Å². The van der Waals surface area contributed by atoms with Crippen LogP contribution in [0.15, 0.2) is 30.3 Å². The van der Waals surface area contributed by atoms with Crippen molar-refractivity contribution in [1.82, 2.24) is 0 Å². The minimum Gasteiger partial charge on any atom is -0.361 e. The number of rotatable bonds is 5. The van der Waals surface area contributed by atoms with Gasteiger partial charge in [-0.1, -0.05) is 32.0 Å². The van der Waals surface area contributed by atoms with Gasteiger partial charge in [-0.15, -0.1) is 0 Å². The molecule has 1 nitrogen and oxygen atoms in total. The molecule has 17 heavy (non-hydrogen) atoms. The highest BCUT2D eigenvalue weighted by Crippen LogP contribution is 2.35. The standard InChI is InChI=1S/C16H27N/c1-7-15(3,4)17(16(5,6)8-2)14-12-10-9-11-13-14/h9-13H,7-8H2,1-6H3. The first-order valence-corrected chi connectivity index (χ1v) is 6.70. The Hall–Kier alpha value is -0.980. The van der Waals surface area contributed by atoms with E-state index in [4.69, 9.17) is 0 Å². The average molecular weight is 233 g/mol. The summed E-state index contributed by atoms with van der Waals surface area (Å²) < 4.78 is 0. The minimum absolute atomic E-state index is 0.181. The van der Waals surface area contributed by atoms with E-state index in [1.807, 2.05) is 0 Å². The molecule has 1 heteroatoms. The van der Waals surface area contributed by atoms with Crippen molar-refractivity contribution in [1.29, 1.82) is 0 Å². The van der Waals surface area contributed by atoms with Crippen molar-refractivity contribution in [2.75, 3.05) is 4.90 Å². The molecule has 0 radical (unpaired) electrons. The Balaban J connectivity index is 3.22. The van der Waals surface area contributed by atoms with E-state index in [0.29, 0.717) is 0 Å². The van der Waals surface area contributed by atoms with Crippen LogP contribution in [0.25, 0.3) is 0 Å². The van der Waals surface area contributed by atoms with E-state index in [0.717, 1.165) is 12.8 Å². The van der Waals surface area contributed by atoms with Crippen LogP contribution in [0.2, 0.25) is 0 Å². The van der Waals surface area contributed by atoms with Crippen molar-refractivity contribution < 1.29 is 0 Å². The summed E-state index contributed by atoms with van der Waals surface area (Å²) in [7, 11) is 0. The summed E-state index contributed by atoms with van der Waals surface area (Å²) in [6, 6.07) is 10.8. The van der Waals surface area contributed by atoms with Gasteiger partial charge < -0.3 is 4.90 Å². The molecule has 1 rings (SSSR count). The molecule has 0 spiro atoms. The van der Waals surface area contributed by atoms with Crippen molar-refractivity contribution in [2.24, 2.45) is 0 Å². The predicted molar refractivity (Wildman–Crippen MR) is 77.7 cm³/mol. The maximum Gasteiger partial charge on any atom is 0.0375 e. The summed E-state index contributed by atoms with van der Waals surface area (Å²) >= 11 is 0. The van der Waals surface area contributed by atoms with Gasteiger partial charge in [-0.25, -0.2) is 0 Å². The first kappa shape index (κ1) is 14.1. The van der Waals surface area contributed by atoms with E-state index < -0.39 is 0 Å². The van der Waals surface area contributed by atoms with Gasteiger partial charge in [-0.2, -0.15) is 0 Å². The highest BCUT2D eigenvalue weighted by molar-refractivity contribution is 5.51. The van der Waals surface area contributed by atoms with Gasteiger partial charge in [0.05, 0.1) is 0 Å². The predicted octanol–water partition coefficient (Wildman–Crippen LogP) is 4.87. The summed E-state index contributed by atoms with van der Waals surface area (Å²) in [6.45, 7) is 13.9. The lowest BCUT2D eigenvalue weighted by atomic mass is 9.88. The monoisotopic (exact) mass is 233 g/mol. The van der Waals surface area contributed by atoms with Crippen LogP contribution in [-0.2, 0) is 0 Å². The summed E-state index contributed by atoms with van der Waals surface area (Å²) in [4.78, 5) is 2.57. The van der Waals surface area contributed by atoms with Crippen LogP contribution in [-0.4, -0.2) is 11.1 Å². The molecule has 0 atom stereocenters. The molecule has 0 aromatic heterocycles. The molecule has 0 bridgehead atoms. The van der Waals surface area contributed by atoms with Crippen LogP contribution in [0, 0.1) is 0 Å². The fourth-order valence-corrected chi connectivity index (χ4v) is 2.41. The van der Waals surface area contributed by atoms with Crippen LogP contribution < -0.4 is 4.90 Å². The smallest absolute Gasteiger partial charge is 0.0375 e. The van der Waals surface area contributed by atoms with Gasteiger partial charge in [-0.3, -0.25) is 0 Å². The fourth-order valence-electron chi connectivity index (χ4n) is 2.41. The third kappa shape index (κ3) is 3.02. The first-order valence-electron chi connectivity index (χ1n) is 6.70. The van der Waals surface area contributed by atoms with E-state index in [1.54, 1.807) is 0 Å². The maximum atomic E-state index is 2.57. The summed E-state index contributed by atoms with van der Waals surface area (Å²) in [5.74, 6) is 0. The van der Waals surface area contributed by atoms with E-state index >= 15 is 0 Å².